The quantitative estimate of drug-likeness (QED) is 0.689. The van der Waals surface area contributed by atoms with Crippen LogP contribution in [0.2, 0.25) is 0 Å². The van der Waals surface area contributed by atoms with Crippen LogP contribution in [0.25, 0.3) is 11.6 Å². The molecular formula is C17H23N3O5S. The van der Waals surface area contributed by atoms with Gasteiger partial charge in [-0.2, -0.15) is 4.98 Å². The molecule has 1 aliphatic heterocycles. The number of sulfone groups is 1. The van der Waals surface area contributed by atoms with E-state index in [2.05, 4.69) is 10.1 Å². The number of furan rings is 1. The standard InChI is InChI=1S/C17H23N3O5S/c1-2-3-9-20(13-8-11-26(22,23)12-13)16(21)7-6-15-18-17(19-25-15)14-5-4-10-24-14/h4-5,10,13H,2-3,6-9,11-12H2,1H3. The molecule has 3 heterocycles. The van der Waals surface area contributed by atoms with E-state index in [1.165, 1.54) is 6.26 Å². The molecule has 0 spiro atoms. The Hall–Kier alpha value is -2.16. The van der Waals surface area contributed by atoms with Gasteiger partial charge in [0.05, 0.1) is 17.8 Å². The Morgan fingerprint density at radius 3 is 2.92 bits per heavy atom. The maximum atomic E-state index is 12.7. The number of carbonyl (C=O) groups is 1. The Labute approximate surface area is 152 Å². The van der Waals surface area contributed by atoms with Crippen molar-refractivity contribution in [1.29, 1.82) is 0 Å². The molecule has 3 rings (SSSR count). The first kappa shape index (κ1) is 18.6. The van der Waals surface area contributed by atoms with E-state index < -0.39 is 9.84 Å². The van der Waals surface area contributed by atoms with E-state index in [4.69, 9.17) is 8.94 Å². The van der Waals surface area contributed by atoms with Gasteiger partial charge in [-0.15, -0.1) is 0 Å². The van der Waals surface area contributed by atoms with Crippen LogP contribution in [0.1, 0.15) is 38.5 Å². The minimum atomic E-state index is -3.03. The molecule has 1 atom stereocenters. The highest BCUT2D eigenvalue weighted by molar-refractivity contribution is 7.91. The van der Waals surface area contributed by atoms with E-state index in [0.29, 0.717) is 36.9 Å². The number of hydrogen-bond donors (Lipinski definition) is 0. The average molecular weight is 381 g/mol. The van der Waals surface area contributed by atoms with Crippen LogP contribution < -0.4 is 0 Å². The molecule has 2 aromatic rings. The highest BCUT2D eigenvalue weighted by Gasteiger charge is 2.34. The van der Waals surface area contributed by atoms with E-state index >= 15 is 0 Å². The lowest BCUT2D eigenvalue weighted by Crippen LogP contribution is -2.41. The molecule has 26 heavy (non-hydrogen) atoms. The summed E-state index contributed by atoms with van der Waals surface area (Å²) in [5.41, 5.74) is 0. The summed E-state index contributed by atoms with van der Waals surface area (Å²) in [7, 11) is -3.03. The number of hydrogen-bond acceptors (Lipinski definition) is 7. The van der Waals surface area contributed by atoms with E-state index in [1.807, 2.05) is 6.92 Å². The van der Waals surface area contributed by atoms with E-state index in [-0.39, 0.29) is 29.9 Å². The first-order valence-corrected chi connectivity index (χ1v) is 10.7. The maximum Gasteiger partial charge on any atom is 0.238 e. The van der Waals surface area contributed by atoms with Crippen molar-refractivity contribution in [3.8, 4) is 11.6 Å². The molecule has 0 aromatic carbocycles. The van der Waals surface area contributed by atoms with Crippen LogP contribution in [0.4, 0.5) is 0 Å². The Balaban J connectivity index is 1.60. The van der Waals surface area contributed by atoms with Gasteiger partial charge in [0.1, 0.15) is 0 Å². The van der Waals surface area contributed by atoms with Gasteiger partial charge in [0, 0.05) is 25.4 Å². The Kier molecular flexibility index (Phi) is 5.75. The van der Waals surface area contributed by atoms with Crippen molar-refractivity contribution >= 4 is 15.7 Å². The molecule has 1 unspecified atom stereocenters. The number of aromatic nitrogens is 2. The smallest absolute Gasteiger partial charge is 0.238 e. The minimum absolute atomic E-state index is 0.0612. The normalized spacial score (nSPS) is 18.9. The molecule has 8 nitrogen and oxygen atoms in total. The zero-order valence-electron chi connectivity index (χ0n) is 14.8. The van der Waals surface area contributed by atoms with Crippen molar-refractivity contribution in [3.05, 3.63) is 24.3 Å². The van der Waals surface area contributed by atoms with Crippen LogP contribution in [0.5, 0.6) is 0 Å². The van der Waals surface area contributed by atoms with Crippen LogP contribution in [0, 0.1) is 0 Å². The van der Waals surface area contributed by atoms with Crippen LogP contribution in [-0.2, 0) is 21.1 Å². The molecule has 9 heteroatoms. The first-order chi connectivity index (χ1) is 12.5. The number of aryl methyl sites for hydroxylation is 1. The van der Waals surface area contributed by atoms with Crippen LogP contribution in [0.15, 0.2) is 27.3 Å². The summed E-state index contributed by atoms with van der Waals surface area (Å²) in [6.07, 6.45) is 4.36. The molecule has 0 saturated carbocycles. The number of carbonyl (C=O) groups excluding carboxylic acids is 1. The van der Waals surface area contributed by atoms with Gasteiger partial charge in [-0.05, 0) is 25.0 Å². The number of amides is 1. The van der Waals surface area contributed by atoms with Gasteiger partial charge in [-0.25, -0.2) is 8.42 Å². The first-order valence-electron chi connectivity index (χ1n) is 8.85. The van der Waals surface area contributed by atoms with Crippen LogP contribution in [0.3, 0.4) is 0 Å². The van der Waals surface area contributed by atoms with Gasteiger partial charge in [-0.1, -0.05) is 18.5 Å². The van der Waals surface area contributed by atoms with Crippen molar-refractivity contribution in [3.63, 3.8) is 0 Å². The number of rotatable bonds is 8. The molecule has 142 valence electrons. The maximum absolute atomic E-state index is 12.7. The van der Waals surface area contributed by atoms with E-state index in [1.54, 1.807) is 17.0 Å². The molecule has 1 saturated heterocycles. The van der Waals surface area contributed by atoms with Crippen molar-refractivity contribution in [1.82, 2.24) is 15.0 Å². The lowest BCUT2D eigenvalue weighted by molar-refractivity contribution is -0.133. The van der Waals surface area contributed by atoms with Gasteiger partial charge >= 0.3 is 0 Å². The Bertz CT molecular complexity index is 828. The fourth-order valence-electron chi connectivity index (χ4n) is 3.08. The van der Waals surface area contributed by atoms with Gasteiger partial charge in [0.15, 0.2) is 15.6 Å². The molecule has 0 bridgehead atoms. The van der Waals surface area contributed by atoms with Crippen molar-refractivity contribution in [2.24, 2.45) is 0 Å². The molecule has 1 aliphatic rings. The summed E-state index contributed by atoms with van der Waals surface area (Å²) in [6.45, 7) is 2.62. The third-order valence-corrected chi connectivity index (χ3v) is 6.23. The van der Waals surface area contributed by atoms with Crippen LogP contribution >= 0.6 is 0 Å². The molecule has 0 aliphatic carbocycles. The predicted octanol–water partition coefficient (Wildman–Crippen LogP) is 2.08. The third kappa shape index (κ3) is 4.51. The summed E-state index contributed by atoms with van der Waals surface area (Å²) in [4.78, 5) is 18.6. The monoisotopic (exact) mass is 381 g/mol. The van der Waals surface area contributed by atoms with Gasteiger partial charge in [0.2, 0.25) is 17.6 Å². The highest BCUT2D eigenvalue weighted by atomic mass is 32.2. The van der Waals surface area contributed by atoms with Gasteiger partial charge in [-0.3, -0.25) is 4.79 Å². The topological polar surface area (TPSA) is 107 Å². The lowest BCUT2D eigenvalue weighted by atomic mass is 10.1. The fraction of sp³-hybridized carbons (Fsp3) is 0.588. The largest absolute Gasteiger partial charge is 0.461 e. The second kappa shape index (κ2) is 8.03. The molecule has 1 fully saturated rings. The molecule has 0 N–H and O–H groups in total. The number of nitrogens with zero attached hydrogens (tertiary/aromatic N) is 3. The van der Waals surface area contributed by atoms with Crippen molar-refractivity contribution < 1.29 is 22.2 Å². The van der Waals surface area contributed by atoms with E-state index in [0.717, 1.165) is 12.8 Å². The minimum Gasteiger partial charge on any atom is -0.461 e. The SMILES string of the molecule is CCCCN(C(=O)CCc1nc(-c2ccco2)no1)C1CCS(=O)(=O)C1. The second-order valence-corrected chi connectivity index (χ2v) is 8.72. The van der Waals surface area contributed by atoms with Gasteiger partial charge < -0.3 is 13.8 Å². The zero-order chi connectivity index (χ0) is 18.6. The average Bonchev–Trinajstić information content (AvgIpc) is 3.33. The van der Waals surface area contributed by atoms with Gasteiger partial charge in [0.25, 0.3) is 0 Å². The summed E-state index contributed by atoms with van der Waals surface area (Å²) in [6, 6.07) is 3.24. The van der Waals surface area contributed by atoms with Crippen molar-refractivity contribution in [2.45, 2.75) is 45.1 Å². The number of unbranched alkanes of at least 4 members (excludes halogenated alkanes) is 1. The third-order valence-electron chi connectivity index (χ3n) is 4.48. The molecule has 0 radical (unpaired) electrons. The molecular weight excluding hydrogens is 358 g/mol. The molecule has 2 aromatic heterocycles. The fourth-order valence-corrected chi connectivity index (χ4v) is 4.81. The second-order valence-electron chi connectivity index (χ2n) is 6.49. The van der Waals surface area contributed by atoms with E-state index in [9.17, 15) is 13.2 Å². The summed E-state index contributed by atoms with van der Waals surface area (Å²) >= 11 is 0. The zero-order valence-corrected chi connectivity index (χ0v) is 15.6. The highest BCUT2D eigenvalue weighted by Crippen LogP contribution is 2.20. The lowest BCUT2D eigenvalue weighted by Gasteiger charge is -2.28. The molecule has 1 amide bonds. The summed E-state index contributed by atoms with van der Waals surface area (Å²) in [5, 5.41) is 3.84. The van der Waals surface area contributed by atoms with Crippen LogP contribution in [-0.4, -0.2) is 53.5 Å². The Morgan fingerprint density at radius 1 is 1.42 bits per heavy atom. The predicted molar refractivity (Wildman–Crippen MR) is 94.0 cm³/mol. The summed E-state index contributed by atoms with van der Waals surface area (Å²) in [5.74, 6) is 1.36. The Morgan fingerprint density at radius 2 is 2.27 bits per heavy atom. The van der Waals surface area contributed by atoms with Crippen molar-refractivity contribution in [2.75, 3.05) is 18.1 Å². The summed E-state index contributed by atoms with van der Waals surface area (Å²) < 4.78 is 33.9.